The molecule has 304 valence electrons. The number of fused-ring (bicyclic) bond motifs is 11. The zero-order valence-corrected chi connectivity index (χ0v) is 40.3. The molecule has 2 aliphatic carbocycles. The maximum absolute atomic E-state index is 9.32. The van der Waals surface area contributed by atoms with Crippen molar-refractivity contribution in [3.8, 4) is 84.2 Å². The van der Waals surface area contributed by atoms with Gasteiger partial charge in [-0.05, 0) is 70.8 Å². The van der Waals surface area contributed by atoms with Crippen LogP contribution >= 0.6 is 91.5 Å². The van der Waals surface area contributed by atoms with Gasteiger partial charge in [0, 0.05) is 72.1 Å². The summed E-state index contributed by atoms with van der Waals surface area (Å²) in [4.78, 5) is 12.7. The van der Waals surface area contributed by atoms with Crippen molar-refractivity contribution in [1.82, 2.24) is 17.5 Å². The fourth-order valence-electron chi connectivity index (χ4n) is 9.07. The molecule has 0 radical (unpaired) electrons. The van der Waals surface area contributed by atoms with Crippen LogP contribution in [0.25, 0.3) is 104 Å². The van der Waals surface area contributed by atoms with Crippen molar-refractivity contribution < 1.29 is 0 Å². The van der Waals surface area contributed by atoms with E-state index in [1.54, 1.807) is 34.8 Å². The van der Waals surface area contributed by atoms with E-state index < -0.39 is 0 Å². The minimum Gasteiger partial charge on any atom is -0.192 e. The number of aromatic nitrogens is 4. The van der Waals surface area contributed by atoms with Crippen LogP contribution in [0.2, 0.25) is 0 Å². The molecule has 16 heteroatoms. The van der Waals surface area contributed by atoms with Gasteiger partial charge in [0.25, 0.3) is 0 Å². The molecule has 2 aromatic carbocycles. The van der Waals surface area contributed by atoms with Gasteiger partial charge >= 0.3 is 0 Å². The van der Waals surface area contributed by atoms with Crippen molar-refractivity contribution in [2.24, 2.45) is 0 Å². The number of hydrogen-bond donors (Lipinski definition) is 0. The number of rotatable bonds is 6. The van der Waals surface area contributed by atoms with E-state index in [0.29, 0.717) is 22.2 Å². The lowest BCUT2D eigenvalue weighted by atomic mass is 9.82. The summed E-state index contributed by atoms with van der Waals surface area (Å²) in [7, 11) is 0. The Morgan fingerprint density at radius 2 is 0.844 bits per heavy atom. The molecule has 10 aromatic rings. The third-order valence-corrected chi connectivity index (χ3v) is 21.0. The molecule has 0 saturated heterocycles. The van der Waals surface area contributed by atoms with E-state index >= 15 is 0 Å². The molecule has 0 spiro atoms. The molecule has 0 saturated carbocycles. The average Bonchev–Trinajstić information content (AvgIpc) is 4.13. The van der Waals surface area contributed by atoms with Crippen LogP contribution < -0.4 is 0 Å². The van der Waals surface area contributed by atoms with Crippen molar-refractivity contribution in [1.29, 1.82) is 21.0 Å². The van der Waals surface area contributed by atoms with Crippen molar-refractivity contribution >= 4 is 135 Å². The Balaban J connectivity index is 0.869. The molecule has 0 N–H and O–H groups in total. The van der Waals surface area contributed by atoms with Crippen LogP contribution in [0, 0.1) is 45.3 Å². The lowest BCUT2D eigenvalue weighted by molar-refractivity contribution is 0.667. The highest BCUT2D eigenvalue weighted by molar-refractivity contribution is 7.35. The van der Waals surface area contributed by atoms with Crippen LogP contribution in [-0.4, -0.2) is 17.5 Å². The maximum Gasteiger partial charge on any atom is 0.130 e. The van der Waals surface area contributed by atoms with Crippen LogP contribution in [0.4, 0.5) is 0 Å². The molecule has 0 atom stereocenters. The van der Waals surface area contributed by atoms with Gasteiger partial charge in [-0.3, -0.25) is 0 Å². The Morgan fingerprint density at radius 1 is 0.453 bits per heavy atom. The molecule has 0 bridgehead atoms. The van der Waals surface area contributed by atoms with Crippen LogP contribution in [0.3, 0.4) is 0 Å². The third kappa shape index (κ3) is 5.59. The highest BCUT2D eigenvalue weighted by Crippen LogP contribution is 2.66. The Hall–Kier alpha value is -6.02. The quantitative estimate of drug-likeness (QED) is 0.150. The normalized spacial score (nSPS) is 13.8. The van der Waals surface area contributed by atoms with E-state index in [9.17, 15) is 21.0 Å². The van der Waals surface area contributed by atoms with Gasteiger partial charge in [0.05, 0.1) is 42.6 Å². The molecule has 12 rings (SSSR count). The Labute approximate surface area is 398 Å². The monoisotopic (exact) mass is 968 g/mol. The van der Waals surface area contributed by atoms with Gasteiger partial charge in [-0.2, -0.15) is 38.5 Å². The number of nitriles is 4. The number of thiophene rings is 6. The molecule has 0 aliphatic heterocycles. The fourth-order valence-corrected chi connectivity index (χ4v) is 18.9. The van der Waals surface area contributed by atoms with Gasteiger partial charge in [-0.15, -0.1) is 68.0 Å². The first-order chi connectivity index (χ1) is 31.0. The zero-order valence-electron chi connectivity index (χ0n) is 33.8. The largest absolute Gasteiger partial charge is 0.192 e. The highest BCUT2D eigenvalue weighted by atomic mass is 32.1. The molecule has 8 heterocycles. The van der Waals surface area contributed by atoms with Crippen LogP contribution in [0.5, 0.6) is 0 Å². The highest BCUT2D eigenvalue weighted by Gasteiger charge is 2.46. The van der Waals surface area contributed by atoms with Gasteiger partial charge in [0.15, 0.2) is 0 Å². The lowest BCUT2D eigenvalue weighted by Gasteiger charge is -2.20. The van der Waals surface area contributed by atoms with Gasteiger partial charge < -0.3 is 0 Å². The van der Waals surface area contributed by atoms with E-state index in [0.717, 1.165) is 55.4 Å². The second-order valence-electron chi connectivity index (χ2n) is 16.4. The molecule has 0 amide bonds. The van der Waals surface area contributed by atoms with E-state index in [-0.39, 0.29) is 22.0 Å². The van der Waals surface area contributed by atoms with Crippen molar-refractivity contribution in [3.63, 3.8) is 0 Å². The van der Waals surface area contributed by atoms with E-state index in [4.69, 9.17) is 0 Å². The Bertz CT molecular complexity index is 3640. The van der Waals surface area contributed by atoms with Gasteiger partial charge in [-0.1, -0.05) is 52.0 Å². The molecule has 64 heavy (non-hydrogen) atoms. The summed E-state index contributed by atoms with van der Waals surface area (Å²) in [5.74, 6) is 0. The number of allylic oxidation sites excluding steroid dienone is 2. The molecular formula is C48H24N8S8. The second-order valence-corrected chi connectivity index (χ2v) is 23.8. The van der Waals surface area contributed by atoms with Crippen molar-refractivity contribution in [3.05, 3.63) is 105 Å². The van der Waals surface area contributed by atoms with Crippen molar-refractivity contribution in [2.45, 2.75) is 38.5 Å². The number of nitrogens with zero attached hydrogens (tertiary/aromatic N) is 8. The molecule has 2 aliphatic rings. The summed E-state index contributed by atoms with van der Waals surface area (Å²) >= 11 is 13.5. The minimum atomic E-state index is -0.148. The predicted molar refractivity (Wildman–Crippen MR) is 268 cm³/mol. The second kappa shape index (κ2) is 14.2. The van der Waals surface area contributed by atoms with Crippen molar-refractivity contribution in [2.75, 3.05) is 0 Å². The average molecular weight is 969 g/mol. The maximum atomic E-state index is 9.32. The molecule has 0 unspecified atom stereocenters. The van der Waals surface area contributed by atoms with E-state index in [1.165, 1.54) is 70.7 Å². The first-order valence-corrected chi connectivity index (χ1v) is 26.0. The summed E-state index contributed by atoms with van der Waals surface area (Å²) in [6.45, 7) is 9.56. The third-order valence-electron chi connectivity index (χ3n) is 12.2. The van der Waals surface area contributed by atoms with Gasteiger partial charge in [0.2, 0.25) is 0 Å². The predicted octanol–water partition coefficient (Wildman–Crippen LogP) is 15.4. The first-order valence-electron chi connectivity index (χ1n) is 19.7. The summed E-state index contributed by atoms with van der Waals surface area (Å²) in [5, 5.41) is 37.3. The molecular weight excluding hydrogens is 945 g/mol. The SMILES string of the molecule is CC1(C)c2cc(-c3ccc(-c4ccc(C=C(C#N)C#N)c5nsnc45)s3)sc2-c2sc3c4c(sc3c21)-c1sc(-c2ccc(-c3ccc(C=C(C#N)C#N)c5nsnc35)s2)cc1C4(C)C. The van der Waals surface area contributed by atoms with Gasteiger partial charge in [-0.25, -0.2) is 0 Å². The summed E-state index contributed by atoms with van der Waals surface area (Å²) in [6, 6.07) is 29.2. The Kier molecular flexibility index (Phi) is 8.80. The Morgan fingerprint density at radius 3 is 1.25 bits per heavy atom. The minimum absolute atomic E-state index is 0.0360. The molecule has 8 nitrogen and oxygen atoms in total. The summed E-state index contributed by atoms with van der Waals surface area (Å²) in [6.07, 6.45) is 3.15. The fraction of sp³-hybridized carbons (Fsp3) is 0.125. The lowest BCUT2D eigenvalue weighted by Crippen LogP contribution is -2.15. The number of benzene rings is 2. The topological polar surface area (TPSA) is 147 Å². The first kappa shape index (κ1) is 39.6. The van der Waals surface area contributed by atoms with Crippen LogP contribution in [0.15, 0.2) is 71.8 Å². The molecule has 0 fully saturated rings. The summed E-state index contributed by atoms with van der Waals surface area (Å²) < 4.78 is 21.1. The molecule has 8 aromatic heterocycles. The van der Waals surface area contributed by atoms with Gasteiger partial charge in [0.1, 0.15) is 57.5 Å². The summed E-state index contributed by atoms with van der Waals surface area (Å²) in [5.41, 5.74) is 11.9. The smallest absolute Gasteiger partial charge is 0.130 e. The number of hydrogen-bond acceptors (Lipinski definition) is 16. The zero-order chi connectivity index (χ0) is 43.8. The standard InChI is InChI=1S/C48H24N8S8/c1-47(2)27-15-33(31-11-9-29(57-31)25-7-5-23(13-21(17-49)18-50)37-39(25)55-63-53-37)59-41(27)43-35(47)45-46(61-43)36-44(62-45)42-28(48(36,3)4)16-34(60-42)32-12-10-30(58-32)26-8-6-24(14-22(19-51)20-52)38-40(26)56-64-54-38/h5-16H,1-4H3. The van der Waals surface area contributed by atoms with Crippen LogP contribution in [-0.2, 0) is 10.8 Å². The van der Waals surface area contributed by atoms with E-state index in [2.05, 4.69) is 81.6 Å². The van der Waals surface area contributed by atoms with E-state index in [1.807, 2.05) is 93.9 Å². The van der Waals surface area contributed by atoms with Crippen LogP contribution in [0.1, 0.15) is 61.1 Å².